The smallest absolute Gasteiger partial charge is 0.230 e. The zero-order valence-corrected chi connectivity index (χ0v) is 14.5. The Balaban J connectivity index is 1.63. The predicted molar refractivity (Wildman–Crippen MR) is 94.8 cm³/mol. The average Bonchev–Trinajstić information content (AvgIpc) is 3.48. The predicted octanol–water partition coefficient (Wildman–Crippen LogP) is 4.00. The maximum atomic E-state index is 12.4. The molecule has 6 nitrogen and oxygen atoms in total. The Kier molecular flexibility index (Phi) is 3.80. The van der Waals surface area contributed by atoms with Crippen molar-refractivity contribution in [3.8, 4) is 17.4 Å². The van der Waals surface area contributed by atoms with Gasteiger partial charge in [0.1, 0.15) is 17.8 Å². The zero-order chi connectivity index (χ0) is 17.4. The fourth-order valence-electron chi connectivity index (χ4n) is 2.63. The third kappa shape index (κ3) is 3.02. The molecule has 1 atom stereocenters. The Bertz CT molecular complexity index is 1030. The summed E-state index contributed by atoms with van der Waals surface area (Å²) in [6.07, 6.45) is 3.18. The quantitative estimate of drug-likeness (QED) is 0.748. The molecule has 0 aliphatic heterocycles. The first-order valence-corrected chi connectivity index (χ1v) is 9.54. The molecule has 1 heterocycles. The summed E-state index contributed by atoms with van der Waals surface area (Å²) in [4.78, 5) is 8.99. The third-order valence-electron chi connectivity index (χ3n) is 4.19. The summed E-state index contributed by atoms with van der Waals surface area (Å²) in [7, 11) is -1.09. The lowest BCUT2D eigenvalue weighted by Gasteiger charge is -2.10. The van der Waals surface area contributed by atoms with Gasteiger partial charge in [-0.1, -0.05) is 0 Å². The van der Waals surface area contributed by atoms with Crippen LogP contribution in [0.5, 0.6) is 17.4 Å². The number of rotatable bonds is 5. The van der Waals surface area contributed by atoms with Gasteiger partial charge >= 0.3 is 0 Å². The molecule has 0 radical (unpaired) electrons. The minimum atomic E-state index is -2.69. The highest BCUT2D eigenvalue weighted by Crippen LogP contribution is 2.35. The van der Waals surface area contributed by atoms with E-state index >= 15 is 0 Å². The van der Waals surface area contributed by atoms with Crippen molar-refractivity contribution >= 4 is 20.6 Å². The highest BCUT2D eigenvalue weighted by atomic mass is 32.2. The van der Waals surface area contributed by atoms with Gasteiger partial charge in [0, 0.05) is 16.2 Å². The molecule has 7 heteroatoms. The molecule has 2 aromatic carbocycles. The first-order chi connectivity index (χ1) is 12.1. The molecular formula is C18H17N3O3S. The topological polar surface area (TPSA) is 85.2 Å². The molecule has 0 bridgehead atoms. The molecule has 1 N–H and O–H groups in total. The number of nitrogens with zero attached hydrogens (tertiary/aromatic N) is 2. The number of hydrogen-bond acceptors (Lipinski definition) is 6. The first-order valence-electron chi connectivity index (χ1n) is 7.92. The van der Waals surface area contributed by atoms with E-state index in [9.17, 15) is 4.21 Å². The van der Waals surface area contributed by atoms with Gasteiger partial charge in [-0.05, 0) is 49.2 Å². The molecule has 0 amide bonds. The summed E-state index contributed by atoms with van der Waals surface area (Å²) >= 11 is 0. The van der Waals surface area contributed by atoms with Crippen LogP contribution in [-0.4, -0.2) is 26.5 Å². The van der Waals surface area contributed by atoms with Crippen LogP contribution in [0, 0.1) is 4.78 Å². The van der Waals surface area contributed by atoms with Crippen LogP contribution in [0.3, 0.4) is 0 Å². The van der Waals surface area contributed by atoms with Gasteiger partial charge in [0.2, 0.25) is 5.88 Å². The van der Waals surface area contributed by atoms with Crippen LogP contribution in [0.15, 0.2) is 53.7 Å². The van der Waals surface area contributed by atoms with Crippen LogP contribution in [-0.2, 0) is 9.73 Å². The van der Waals surface area contributed by atoms with E-state index in [2.05, 4.69) is 9.97 Å². The number of nitrogens with one attached hydrogen (secondary N) is 1. The van der Waals surface area contributed by atoms with E-state index in [4.69, 9.17) is 14.3 Å². The fourth-order valence-corrected chi connectivity index (χ4v) is 4.36. The molecule has 1 aliphatic carbocycles. The number of hydrogen-bond donors (Lipinski definition) is 1. The van der Waals surface area contributed by atoms with Crippen molar-refractivity contribution in [2.24, 2.45) is 0 Å². The van der Waals surface area contributed by atoms with Gasteiger partial charge in [0.25, 0.3) is 0 Å². The second kappa shape index (κ2) is 6.00. The first kappa shape index (κ1) is 15.8. The molecule has 1 aromatic heterocycles. The maximum absolute atomic E-state index is 12.4. The summed E-state index contributed by atoms with van der Waals surface area (Å²) in [6, 6.07) is 12.4. The molecular weight excluding hydrogens is 338 g/mol. The monoisotopic (exact) mass is 355 g/mol. The van der Waals surface area contributed by atoms with Gasteiger partial charge < -0.3 is 9.47 Å². The number of methoxy groups -OCH3 is 1. The van der Waals surface area contributed by atoms with E-state index in [1.54, 1.807) is 31.4 Å². The molecule has 1 unspecified atom stereocenters. The molecule has 4 rings (SSSR count). The van der Waals surface area contributed by atoms with Gasteiger partial charge in [-0.25, -0.2) is 19.0 Å². The Morgan fingerprint density at radius 1 is 1.08 bits per heavy atom. The van der Waals surface area contributed by atoms with E-state index in [0.717, 1.165) is 23.7 Å². The van der Waals surface area contributed by atoms with Gasteiger partial charge in [-0.3, -0.25) is 0 Å². The lowest BCUT2D eigenvalue weighted by molar-refractivity contribution is 0.415. The van der Waals surface area contributed by atoms with Crippen molar-refractivity contribution in [2.75, 3.05) is 7.11 Å². The summed E-state index contributed by atoms with van der Waals surface area (Å²) in [6.45, 7) is 0. The minimum absolute atomic E-state index is 0.0000525. The van der Waals surface area contributed by atoms with Gasteiger partial charge in [0.05, 0.1) is 27.7 Å². The second-order valence-electron chi connectivity index (χ2n) is 5.94. The number of fused-ring (bicyclic) bond motifs is 1. The van der Waals surface area contributed by atoms with E-state index in [1.165, 1.54) is 6.33 Å². The minimum Gasteiger partial charge on any atom is -0.497 e. The van der Waals surface area contributed by atoms with Crippen LogP contribution < -0.4 is 9.47 Å². The largest absolute Gasteiger partial charge is 0.497 e. The van der Waals surface area contributed by atoms with Crippen LogP contribution in [0.4, 0.5) is 0 Å². The summed E-state index contributed by atoms with van der Waals surface area (Å²) in [5, 5.41) is 0.773. The van der Waals surface area contributed by atoms with Crippen molar-refractivity contribution in [3.05, 3.63) is 48.8 Å². The maximum Gasteiger partial charge on any atom is 0.230 e. The van der Waals surface area contributed by atoms with Crippen molar-refractivity contribution in [2.45, 2.75) is 23.0 Å². The number of aromatic nitrogens is 2. The molecule has 1 aliphatic rings. The highest BCUT2D eigenvalue weighted by Gasteiger charge is 2.33. The molecule has 25 heavy (non-hydrogen) atoms. The number of ether oxygens (including phenoxy) is 2. The van der Waals surface area contributed by atoms with Crippen LogP contribution in [0.25, 0.3) is 10.9 Å². The molecule has 1 saturated carbocycles. The molecule has 128 valence electrons. The second-order valence-corrected chi connectivity index (χ2v) is 8.27. The lowest BCUT2D eigenvalue weighted by Crippen LogP contribution is -2.04. The van der Waals surface area contributed by atoms with Crippen LogP contribution >= 0.6 is 0 Å². The molecule has 3 aromatic rings. The summed E-state index contributed by atoms with van der Waals surface area (Å²) < 4.78 is 31.6. The van der Waals surface area contributed by atoms with E-state index in [1.807, 2.05) is 18.2 Å². The van der Waals surface area contributed by atoms with Crippen molar-refractivity contribution < 1.29 is 13.7 Å². The lowest BCUT2D eigenvalue weighted by atomic mass is 10.2. The standard InChI is InChI=1S/C18H17N3O3S/c1-23-13-4-9-16-17(10-13)20-11-21-18(16)24-12-2-5-14(6-3-12)25(19,22)15-7-8-15/h2-6,9-11,15,19H,7-8H2,1H3. The SMILES string of the molecule is COc1ccc2c(Oc3ccc(S(=N)(=O)C4CC4)cc3)ncnc2c1. The van der Waals surface area contributed by atoms with Gasteiger partial charge in [-0.15, -0.1) is 0 Å². The zero-order valence-electron chi connectivity index (χ0n) is 13.6. The molecule has 1 fully saturated rings. The Morgan fingerprint density at radius 2 is 1.80 bits per heavy atom. The van der Waals surface area contributed by atoms with Gasteiger partial charge in [-0.2, -0.15) is 0 Å². The van der Waals surface area contributed by atoms with Crippen molar-refractivity contribution in [1.82, 2.24) is 9.97 Å². The summed E-state index contributed by atoms with van der Waals surface area (Å²) in [5.41, 5.74) is 0.726. The number of benzene rings is 2. The summed E-state index contributed by atoms with van der Waals surface area (Å²) in [5.74, 6) is 1.73. The third-order valence-corrected chi connectivity index (χ3v) is 6.57. The van der Waals surface area contributed by atoms with E-state index in [0.29, 0.717) is 22.3 Å². The Hall–Kier alpha value is -2.67. The van der Waals surface area contributed by atoms with Crippen molar-refractivity contribution in [3.63, 3.8) is 0 Å². The normalized spacial score (nSPS) is 16.4. The van der Waals surface area contributed by atoms with Crippen LogP contribution in [0.1, 0.15) is 12.8 Å². The fraction of sp³-hybridized carbons (Fsp3) is 0.222. The average molecular weight is 355 g/mol. The molecule has 0 spiro atoms. The van der Waals surface area contributed by atoms with Crippen molar-refractivity contribution in [1.29, 1.82) is 4.78 Å². The van der Waals surface area contributed by atoms with Crippen LogP contribution in [0.2, 0.25) is 0 Å². The van der Waals surface area contributed by atoms with E-state index < -0.39 is 9.73 Å². The highest BCUT2D eigenvalue weighted by molar-refractivity contribution is 7.93. The molecule has 0 saturated heterocycles. The Morgan fingerprint density at radius 3 is 2.48 bits per heavy atom. The Labute approximate surface area is 145 Å². The van der Waals surface area contributed by atoms with E-state index in [-0.39, 0.29) is 5.25 Å². The van der Waals surface area contributed by atoms with Gasteiger partial charge in [0.15, 0.2) is 0 Å².